The molecule has 6 nitrogen and oxygen atoms in total. The van der Waals surface area contributed by atoms with Crippen molar-refractivity contribution >= 4 is 11.7 Å². The van der Waals surface area contributed by atoms with Crippen LogP contribution in [0.2, 0.25) is 0 Å². The summed E-state index contributed by atoms with van der Waals surface area (Å²) in [6.07, 6.45) is 1.11. The largest absolute Gasteiger partial charge is 0.333 e. The van der Waals surface area contributed by atoms with Crippen LogP contribution < -0.4 is 5.32 Å². The minimum atomic E-state index is -2.92. The second-order valence-corrected chi connectivity index (χ2v) is 5.31. The zero-order chi connectivity index (χ0) is 18.0. The van der Waals surface area contributed by atoms with Crippen molar-refractivity contribution in [3.05, 3.63) is 65.4 Å². The molecule has 0 radical (unpaired) electrons. The maximum atomic E-state index is 13.7. The minimum absolute atomic E-state index is 0.181. The Kier molecular flexibility index (Phi) is 4.55. The molecule has 0 bridgehead atoms. The maximum Gasteiger partial charge on any atom is 0.333 e. The second kappa shape index (κ2) is 6.80. The number of aryl methyl sites for hydroxylation is 1. The number of carbonyl (C=O) groups excluding carboxylic acids is 1. The lowest BCUT2D eigenvalue weighted by Crippen LogP contribution is -2.18. The van der Waals surface area contributed by atoms with E-state index in [1.54, 1.807) is 31.2 Å². The first-order valence-electron chi connectivity index (χ1n) is 7.36. The number of aromatic nitrogens is 4. The molecule has 1 N–H and O–H groups in total. The normalized spacial score (nSPS) is 11.1. The zero-order valence-electron chi connectivity index (χ0n) is 13.2. The predicted molar refractivity (Wildman–Crippen MR) is 83.9 cm³/mol. The fraction of sp³-hybridized carbons (Fsp3) is 0.188. The Morgan fingerprint density at radius 2 is 2.04 bits per heavy atom. The molecule has 9 heteroatoms. The molecule has 3 aromatic rings. The van der Waals surface area contributed by atoms with Gasteiger partial charge in [-0.25, -0.2) is 4.39 Å². The van der Waals surface area contributed by atoms with Crippen LogP contribution in [0.1, 0.15) is 28.3 Å². The molecular formula is C16H14F3N5O. The highest BCUT2D eigenvalue weighted by Crippen LogP contribution is 2.16. The van der Waals surface area contributed by atoms with Crippen molar-refractivity contribution in [3.8, 4) is 0 Å². The summed E-state index contributed by atoms with van der Waals surface area (Å²) in [5.41, 5.74) is 0.847. The van der Waals surface area contributed by atoms with E-state index in [0.29, 0.717) is 15.9 Å². The van der Waals surface area contributed by atoms with Gasteiger partial charge in [-0.2, -0.15) is 23.7 Å². The number of alkyl halides is 2. The number of hydrogen-bond acceptors (Lipinski definition) is 3. The van der Waals surface area contributed by atoms with Crippen molar-refractivity contribution in [2.24, 2.45) is 0 Å². The highest BCUT2D eigenvalue weighted by molar-refractivity contribution is 6.02. The number of amides is 1. The van der Waals surface area contributed by atoms with Gasteiger partial charge in [0.1, 0.15) is 11.5 Å². The number of hydrogen-bond donors (Lipinski definition) is 1. The fourth-order valence-electron chi connectivity index (χ4n) is 2.35. The third-order valence-corrected chi connectivity index (χ3v) is 3.59. The van der Waals surface area contributed by atoms with Crippen molar-refractivity contribution in [2.75, 3.05) is 5.32 Å². The van der Waals surface area contributed by atoms with Crippen LogP contribution >= 0.6 is 0 Å². The Morgan fingerprint density at radius 1 is 1.28 bits per heavy atom. The molecule has 0 saturated heterocycles. The van der Waals surface area contributed by atoms with Crippen molar-refractivity contribution in [1.82, 2.24) is 19.6 Å². The molecular weight excluding hydrogens is 335 g/mol. The van der Waals surface area contributed by atoms with Gasteiger partial charge in [0, 0.05) is 23.5 Å². The van der Waals surface area contributed by atoms with Gasteiger partial charge >= 0.3 is 6.55 Å². The number of rotatable bonds is 5. The summed E-state index contributed by atoms with van der Waals surface area (Å²) in [5.74, 6) is -0.932. The molecule has 0 aliphatic carbocycles. The summed E-state index contributed by atoms with van der Waals surface area (Å²) in [6, 6.07) is 9.04. The zero-order valence-corrected chi connectivity index (χ0v) is 13.2. The number of benzene rings is 1. The molecule has 1 aromatic carbocycles. The van der Waals surface area contributed by atoms with Gasteiger partial charge < -0.3 is 5.32 Å². The van der Waals surface area contributed by atoms with E-state index < -0.39 is 12.5 Å². The van der Waals surface area contributed by atoms with Gasteiger partial charge in [-0.3, -0.25) is 9.48 Å². The number of anilines is 1. The fourth-order valence-corrected chi connectivity index (χ4v) is 2.35. The first-order chi connectivity index (χ1) is 12.0. The van der Waals surface area contributed by atoms with Crippen LogP contribution in [0, 0.1) is 12.7 Å². The molecule has 3 rings (SSSR count). The smallest absolute Gasteiger partial charge is 0.304 e. The molecule has 0 fully saturated rings. The Hall–Kier alpha value is -3.10. The minimum Gasteiger partial charge on any atom is -0.304 e. The van der Waals surface area contributed by atoms with Gasteiger partial charge in [0.05, 0.1) is 6.54 Å². The topological polar surface area (TPSA) is 64.7 Å². The van der Waals surface area contributed by atoms with Crippen LogP contribution in [0.15, 0.2) is 42.6 Å². The standard InChI is InChI=1S/C16H14F3N5O/c1-10-8-14(21-15(25)13-6-7-20-24(13)16(18)19)22-23(10)9-11-4-2-3-5-12(11)17/h2-8,16H,9H2,1H3,(H,21,22,25). The van der Waals surface area contributed by atoms with E-state index in [-0.39, 0.29) is 23.9 Å². The van der Waals surface area contributed by atoms with Crippen LogP contribution in [0.3, 0.4) is 0 Å². The van der Waals surface area contributed by atoms with Crippen molar-refractivity contribution in [3.63, 3.8) is 0 Å². The molecule has 0 aliphatic rings. The molecule has 0 spiro atoms. The van der Waals surface area contributed by atoms with Crippen LogP contribution in [0.25, 0.3) is 0 Å². The van der Waals surface area contributed by atoms with Gasteiger partial charge in [-0.15, -0.1) is 0 Å². The van der Waals surface area contributed by atoms with Gasteiger partial charge in [0.15, 0.2) is 5.82 Å². The Balaban J connectivity index is 1.77. The number of nitrogens with one attached hydrogen (secondary N) is 1. The highest BCUT2D eigenvalue weighted by Gasteiger charge is 2.19. The summed E-state index contributed by atoms with van der Waals surface area (Å²) in [7, 11) is 0. The molecule has 2 heterocycles. The summed E-state index contributed by atoms with van der Waals surface area (Å²) in [5, 5.41) is 10.0. The van der Waals surface area contributed by atoms with Crippen LogP contribution in [-0.4, -0.2) is 25.5 Å². The maximum absolute atomic E-state index is 13.7. The Labute approximate surface area is 140 Å². The van der Waals surface area contributed by atoms with Crippen molar-refractivity contribution in [2.45, 2.75) is 20.0 Å². The first-order valence-corrected chi connectivity index (χ1v) is 7.36. The van der Waals surface area contributed by atoms with Crippen molar-refractivity contribution in [1.29, 1.82) is 0 Å². The molecule has 2 aromatic heterocycles. The molecule has 0 saturated carbocycles. The van der Waals surface area contributed by atoms with E-state index in [0.717, 1.165) is 6.20 Å². The second-order valence-electron chi connectivity index (χ2n) is 5.31. The summed E-state index contributed by atoms with van der Waals surface area (Å²) in [6.45, 7) is -0.993. The van der Waals surface area contributed by atoms with E-state index in [4.69, 9.17) is 0 Å². The third kappa shape index (κ3) is 3.54. The van der Waals surface area contributed by atoms with Crippen molar-refractivity contribution < 1.29 is 18.0 Å². The molecule has 0 unspecified atom stereocenters. The van der Waals surface area contributed by atoms with E-state index in [1.807, 2.05) is 0 Å². The lowest BCUT2D eigenvalue weighted by molar-refractivity contribution is 0.0520. The molecule has 0 atom stereocenters. The van der Waals surface area contributed by atoms with Crippen LogP contribution in [-0.2, 0) is 6.54 Å². The van der Waals surface area contributed by atoms with Gasteiger partial charge in [0.2, 0.25) is 0 Å². The quantitative estimate of drug-likeness (QED) is 0.769. The molecule has 0 aliphatic heterocycles. The average molecular weight is 349 g/mol. The van der Waals surface area contributed by atoms with E-state index >= 15 is 0 Å². The van der Waals surface area contributed by atoms with Gasteiger partial charge in [-0.1, -0.05) is 18.2 Å². The lowest BCUT2D eigenvalue weighted by atomic mass is 10.2. The number of halogens is 3. The van der Waals surface area contributed by atoms with E-state index in [2.05, 4.69) is 15.5 Å². The van der Waals surface area contributed by atoms with E-state index in [9.17, 15) is 18.0 Å². The molecule has 130 valence electrons. The summed E-state index contributed by atoms with van der Waals surface area (Å²) < 4.78 is 41.1. The highest BCUT2D eigenvalue weighted by atomic mass is 19.3. The third-order valence-electron chi connectivity index (χ3n) is 3.59. The number of nitrogens with zero attached hydrogens (tertiary/aromatic N) is 4. The first kappa shape index (κ1) is 16.7. The van der Waals surface area contributed by atoms with Crippen LogP contribution in [0.4, 0.5) is 19.0 Å². The van der Waals surface area contributed by atoms with Gasteiger partial charge in [-0.05, 0) is 19.1 Å². The summed E-state index contributed by atoms with van der Waals surface area (Å²) in [4.78, 5) is 12.1. The summed E-state index contributed by atoms with van der Waals surface area (Å²) >= 11 is 0. The Bertz CT molecular complexity index is 903. The van der Waals surface area contributed by atoms with Gasteiger partial charge in [0.25, 0.3) is 5.91 Å². The van der Waals surface area contributed by atoms with E-state index in [1.165, 1.54) is 16.8 Å². The lowest BCUT2D eigenvalue weighted by Gasteiger charge is -2.06. The monoisotopic (exact) mass is 349 g/mol. The number of carbonyl (C=O) groups is 1. The predicted octanol–water partition coefficient (Wildman–Crippen LogP) is 3.22. The average Bonchev–Trinajstić information content (AvgIpc) is 3.17. The molecule has 25 heavy (non-hydrogen) atoms. The van der Waals surface area contributed by atoms with Crippen LogP contribution in [0.5, 0.6) is 0 Å². The Morgan fingerprint density at radius 3 is 2.76 bits per heavy atom. The SMILES string of the molecule is Cc1cc(NC(=O)c2ccnn2C(F)F)nn1Cc1ccccc1F. The molecule has 1 amide bonds.